The molecule has 0 aliphatic carbocycles. The van der Waals surface area contributed by atoms with Gasteiger partial charge >= 0.3 is 0 Å². The smallest absolute Gasteiger partial charge is 0.150 e. The van der Waals surface area contributed by atoms with Gasteiger partial charge in [-0.2, -0.15) is 5.10 Å². The quantitative estimate of drug-likeness (QED) is 0.924. The van der Waals surface area contributed by atoms with Crippen molar-refractivity contribution >= 4 is 11.5 Å². The molecule has 5 heteroatoms. The molecule has 2 aliphatic rings. The molecule has 0 bridgehead atoms. The Balaban J connectivity index is 1.73. The van der Waals surface area contributed by atoms with Crippen LogP contribution in [0.3, 0.4) is 0 Å². The molecule has 1 aromatic rings. The molecule has 0 amide bonds. The summed E-state index contributed by atoms with van der Waals surface area (Å²) in [4.78, 5) is 5.15. The minimum absolute atomic E-state index is 0.704. The average molecular weight is 291 g/mol. The molecular weight excluding hydrogens is 262 g/mol. The zero-order chi connectivity index (χ0) is 14.8. The van der Waals surface area contributed by atoms with Crippen LogP contribution in [-0.4, -0.2) is 46.9 Å². The largest absolute Gasteiger partial charge is 0.394 e. The Morgan fingerprint density at radius 3 is 2.67 bits per heavy atom. The van der Waals surface area contributed by atoms with Gasteiger partial charge in [0.25, 0.3) is 0 Å². The summed E-state index contributed by atoms with van der Waals surface area (Å²) in [6.45, 7) is 9.95. The van der Waals surface area contributed by atoms with Gasteiger partial charge in [0.2, 0.25) is 0 Å². The van der Waals surface area contributed by atoms with Crippen molar-refractivity contribution in [2.45, 2.75) is 58.5 Å². The fourth-order valence-corrected chi connectivity index (χ4v) is 3.80. The van der Waals surface area contributed by atoms with Crippen molar-refractivity contribution < 1.29 is 0 Å². The van der Waals surface area contributed by atoms with E-state index >= 15 is 0 Å². The van der Waals surface area contributed by atoms with E-state index in [0.717, 1.165) is 43.3 Å². The van der Waals surface area contributed by atoms with E-state index in [9.17, 15) is 0 Å². The van der Waals surface area contributed by atoms with Gasteiger partial charge in [-0.05, 0) is 45.7 Å². The van der Waals surface area contributed by atoms with E-state index in [1.165, 1.54) is 38.8 Å². The fraction of sp³-hybridized carbons (Fsp3) is 0.812. The number of aromatic nitrogens is 2. The van der Waals surface area contributed by atoms with Gasteiger partial charge in [0.1, 0.15) is 0 Å². The number of hydrogen-bond acceptors (Lipinski definition) is 4. The molecule has 1 unspecified atom stereocenters. The minimum atomic E-state index is 0.704. The summed E-state index contributed by atoms with van der Waals surface area (Å²) < 4.78 is 2.11. The number of aryl methyl sites for hydroxylation is 2. The van der Waals surface area contributed by atoms with Gasteiger partial charge in [-0.3, -0.25) is 4.90 Å². The summed E-state index contributed by atoms with van der Waals surface area (Å²) in [7, 11) is 0. The third-order valence-corrected chi connectivity index (χ3v) is 4.95. The van der Waals surface area contributed by atoms with Gasteiger partial charge in [0.05, 0.1) is 11.4 Å². The first-order valence-corrected chi connectivity index (χ1v) is 8.52. The van der Waals surface area contributed by atoms with Crippen LogP contribution in [-0.2, 0) is 6.54 Å². The van der Waals surface area contributed by atoms with Crippen molar-refractivity contribution in [1.82, 2.24) is 14.7 Å². The van der Waals surface area contributed by atoms with Gasteiger partial charge in [-0.15, -0.1) is 0 Å². The molecular formula is C16H29N5. The normalized spacial score (nSPS) is 23.9. The first kappa shape index (κ1) is 14.7. The molecule has 2 N–H and O–H groups in total. The molecule has 1 aromatic heterocycles. The number of anilines is 2. The number of nitrogens with zero attached hydrogens (tertiary/aromatic N) is 4. The molecule has 2 fully saturated rings. The molecule has 2 aliphatic heterocycles. The first-order valence-electron chi connectivity index (χ1n) is 8.52. The van der Waals surface area contributed by atoms with E-state index in [1.807, 2.05) is 6.92 Å². The predicted octanol–water partition coefficient (Wildman–Crippen LogP) is 2.25. The summed E-state index contributed by atoms with van der Waals surface area (Å²) in [5.41, 5.74) is 8.15. The van der Waals surface area contributed by atoms with E-state index in [4.69, 9.17) is 5.73 Å². The maximum atomic E-state index is 6.30. The molecule has 0 radical (unpaired) electrons. The van der Waals surface area contributed by atoms with E-state index in [-0.39, 0.29) is 0 Å². The van der Waals surface area contributed by atoms with E-state index in [0.29, 0.717) is 6.04 Å². The van der Waals surface area contributed by atoms with Crippen LogP contribution in [0.5, 0.6) is 0 Å². The van der Waals surface area contributed by atoms with Crippen molar-refractivity contribution in [2.75, 3.05) is 36.8 Å². The molecule has 5 nitrogen and oxygen atoms in total. The number of rotatable bonds is 4. The monoisotopic (exact) mass is 291 g/mol. The van der Waals surface area contributed by atoms with Crippen LogP contribution < -0.4 is 10.6 Å². The highest BCUT2D eigenvalue weighted by molar-refractivity contribution is 5.66. The van der Waals surface area contributed by atoms with E-state index in [2.05, 4.69) is 26.5 Å². The third-order valence-electron chi connectivity index (χ3n) is 4.95. The lowest BCUT2D eigenvalue weighted by molar-refractivity contribution is 0.174. The maximum Gasteiger partial charge on any atom is 0.150 e. The van der Waals surface area contributed by atoms with Gasteiger partial charge in [0, 0.05) is 25.7 Å². The van der Waals surface area contributed by atoms with Crippen molar-refractivity contribution in [3.8, 4) is 0 Å². The van der Waals surface area contributed by atoms with Crippen LogP contribution in [0.15, 0.2) is 0 Å². The zero-order valence-corrected chi connectivity index (χ0v) is 13.5. The Kier molecular flexibility index (Phi) is 4.38. The van der Waals surface area contributed by atoms with Gasteiger partial charge in [-0.25, -0.2) is 4.68 Å². The average Bonchev–Trinajstić information content (AvgIpc) is 3.07. The SMILES string of the molecule is CCCn1nc(C)c(N)c1N1CCC(N2CCCCC2)C1. The molecule has 118 valence electrons. The zero-order valence-electron chi connectivity index (χ0n) is 13.5. The van der Waals surface area contributed by atoms with Gasteiger partial charge in [0.15, 0.2) is 5.82 Å². The number of nitrogens with two attached hydrogens (primary N) is 1. The number of nitrogen functional groups attached to an aromatic ring is 1. The number of hydrogen-bond donors (Lipinski definition) is 1. The second kappa shape index (κ2) is 6.26. The minimum Gasteiger partial charge on any atom is -0.394 e. The van der Waals surface area contributed by atoms with E-state index < -0.39 is 0 Å². The molecule has 3 heterocycles. The Morgan fingerprint density at radius 2 is 1.95 bits per heavy atom. The molecule has 3 rings (SSSR count). The molecule has 0 saturated carbocycles. The molecule has 21 heavy (non-hydrogen) atoms. The second-order valence-corrected chi connectivity index (χ2v) is 6.53. The summed E-state index contributed by atoms with van der Waals surface area (Å²) in [6, 6.07) is 0.704. The van der Waals surface area contributed by atoms with Crippen molar-refractivity contribution in [2.24, 2.45) is 0 Å². The lowest BCUT2D eigenvalue weighted by atomic mass is 10.1. The first-order chi connectivity index (χ1) is 10.2. The standard InChI is InChI=1S/C16H29N5/c1-3-8-21-16(15(17)13(2)18-21)20-11-7-14(12-20)19-9-5-4-6-10-19/h14H,3-12,17H2,1-2H3. The van der Waals surface area contributed by atoms with Crippen LogP contribution in [0.4, 0.5) is 11.5 Å². The Bertz CT molecular complexity index is 475. The Labute approximate surface area is 128 Å². The summed E-state index contributed by atoms with van der Waals surface area (Å²) in [5, 5.41) is 4.62. The highest BCUT2D eigenvalue weighted by Crippen LogP contribution is 2.31. The summed E-state index contributed by atoms with van der Waals surface area (Å²) in [6.07, 6.45) is 6.49. The van der Waals surface area contributed by atoms with Crippen LogP contribution in [0.25, 0.3) is 0 Å². The highest BCUT2D eigenvalue weighted by Gasteiger charge is 2.31. The van der Waals surface area contributed by atoms with E-state index in [1.54, 1.807) is 0 Å². The van der Waals surface area contributed by atoms with Crippen LogP contribution in [0, 0.1) is 6.92 Å². The lowest BCUT2D eigenvalue weighted by Gasteiger charge is -2.32. The number of piperidine rings is 1. The summed E-state index contributed by atoms with van der Waals surface area (Å²) >= 11 is 0. The Morgan fingerprint density at radius 1 is 1.19 bits per heavy atom. The van der Waals surface area contributed by atoms with Crippen LogP contribution >= 0.6 is 0 Å². The molecule has 1 atom stereocenters. The lowest BCUT2D eigenvalue weighted by Crippen LogP contribution is -2.41. The molecule has 2 saturated heterocycles. The fourth-order valence-electron chi connectivity index (χ4n) is 3.80. The molecule has 0 aromatic carbocycles. The Hall–Kier alpha value is -1.23. The highest BCUT2D eigenvalue weighted by atomic mass is 15.4. The van der Waals surface area contributed by atoms with Crippen LogP contribution in [0.1, 0.15) is 44.7 Å². The van der Waals surface area contributed by atoms with Gasteiger partial charge < -0.3 is 10.6 Å². The van der Waals surface area contributed by atoms with Gasteiger partial charge in [-0.1, -0.05) is 13.3 Å². The topological polar surface area (TPSA) is 50.3 Å². The third kappa shape index (κ3) is 2.89. The number of likely N-dealkylation sites (tertiary alicyclic amines) is 1. The maximum absolute atomic E-state index is 6.30. The molecule has 0 spiro atoms. The second-order valence-electron chi connectivity index (χ2n) is 6.53. The predicted molar refractivity (Wildman–Crippen MR) is 87.7 cm³/mol. The van der Waals surface area contributed by atoms with Crippen molar-refractivity contribution in [1.29, 1.82) is 0 Å². The summed E-state index contributed by atoms with van der Waals surface area (Å²) in [5.74, 6) is 1.16. The van der Waals surface area contributed by atoms with Crippen molar-refractivity contribution in [3.05, 3.63) is 5.69 Å². The van der Waals surface area contributed by atoms with Crippen molar-refractivity contribution in [3.63, 3.8) is 0 Å². The van der Waals surface area contributed by atoms with Crippen LogP contribution in [0.2, 0.25) is 0 Å².